The molecule has 1 fully saturated rings. The molecule has 5 nitrogen and oxygen atoms in total. The number of hydrogen-bond acceptors (Lipinski definition) is 3. The summed E-state index contributed by atoms with van der Waals surface area (Å²) in [4.78, 5) is 7.10. The van der Waals surface area contributed by atoms with Gasteiger partial charge in [0.2, 0.25) is 0 Å². The molecule has 136 valence electrons. The Morgan fingerprint density at radius 3 is 2.62 bits per heavy atom. The molecule has 2 rings (SSSR count). The minimum absolute atomic E-state index is 0. The summed E-state index contributed by atoms with van der Waals surface area (Å²) in [7, 11) is 3.90. The van der Waals surface area contributed by atoms with Crippen LogP contribution < -0.4 is 15.4 Å². The average molecular weight is 446 g/mol. The molecular weight excluding hydrogens is 415 g/mol. The molecule has 0 aromatic heterocycles. The minimum atomic E-state index is 0. The molecule has 0 spiro atoms. The molecule has 0 amide bonds. The van der Waals surface area contributed by atoms with Crippen molar-refractivity contribution >= 4 is 29.9 Å². The first kappa shape index (κ1) is 21.0. The second-order valence-electron chi connectivity index (χ2n) is 6.13. The third kappa shape index (κ3) is 6.84. The Bertz CT molecular complexity index is 502. The lowest BCUT2D eigenvalue weighted by Gasteiger charge is -2.29. The van der Waals surface area contributed by atoms with Crippen molar-refractivity contribution in [1.82, 2.24) is 15.5 Å². The van der Waals surface area contributed by atoms with Crippen LogP contribution in [-0.2, 0) is 6.54 Å². The molecule has 1 aromatic rings. The van der Waals surface area contributed by atoms with E-state index in [9.17, 15) is 0 Å². The number of aliphatic imine (C=N–C) groups is 1. The lowest BCUT2D eigenvalue weighted by molar-refractivity contribution is 0.220. The average Bonchev–Trinajstić information content (AvgIpc) is 2.59. The van der Waals surface area contributed by atoms with Gasteiger partial charge in [-0.2, -0.15) is 0 Å². The number of nitrogens with one attached hydrogen (secondary N) is 2. The maximum Gasteiger partial charge on any atom is 0.191 e. The zero-order valence-corrected chi connectivity index (χ0v) is 17.4. The van der Waals surface area contributed by atoms with Gasteiger partial charge in [0.1, 0.15) is 5.75 Å². The van der Waals surface area contributed by atoms with Crippen LogP contribution in [0.4, 0.5) is 0 Å². The van der Waals surface area contributed by atoms with Crippen molar-refractivity contribution < 1.29 is 4.74 Å². The Morgan fingerprint density at radius 2 is 1.96 bits per heavy atom. The Morgan fingerprint density at radius 1 is 1.25 bits per heavy atom. The molecule has 0 atom stereocenters. The fourth-order valence-electron chi connectivity index (χ4n) is 2.85. The molecule has 1 aliphatic heterocycles. The predicted molar refractivity (Wildman–Crippen MR) is 111 cm³/mol. The van der Waals surface area contributed by atoms with Crippen LogP contribution in [0, 0.1) is 5.92 Å². The maximum absolute atomic E-state index is 5.39. The second-order valence-corrected chi connectivity index (χ2v) is 6.13. The summed E-state index contributed by atoms with van der Waals surface area (Å²) in [5, 5.41) is 6.82. The molecule has 0 unspecified atom stereocenters. The van der Waals surface area contributed by atoms with Gasteiger partial charge in [0.25, 0.3) is 0 Å². The van der Waals surface area contributed by atoms with Gasteiger partial charge >= 0.3 is 0 Å². The fraction of sp³-hybridized carbons (Fsp3) is 0.611. The molecule has 0 bridgehead atoms. The Labute approximate surface area is 163 Å². The summed E-state index contributed by atoms with van der Waals surface area (Å²) in [6, 6.07) is 8.04. The standard InChI is InChI=1S/C18H30N4O.HI/c1-4-19-18(20-13-15-9-11-22(2)12-10-15)21-14-16-7-5-6-8-17(16)23-3;/h5-8,15H,4,9-14H2,1-3H3,(H2,19,20,21);1H. The smallest absolute Gasteiger partial charge is 0.191 e. The minimum Gasteiger partial charge on any atom is -0.496 e. The van der Waals surface area contributed by atoms with Crippen LogP contribution >= 0.6 is 24.0 Å². The Kier molecular flexibility index (Phi) is 10.1. The van der Waals surface area contributed by atoms with Gasteiger partial charge < -0.3 is 20.3 Å². The molecule has 1 aromatic carbocycles. The first-order valence-electron chi connectivity index (χ1n) is 8.55. The summed E-state index contributed by atoms with van der Waals surface area (Å²) >= 11 is 0. The number of hydrogen-bond donors (Lipinski definition) is 2. The molecule has 6 heteroatoms. The number of guanidine groups is 1. The van der Waals surface area contributed by atoms with Gasteiger partial charge in [-0.3, -0.25) is 0 Å². The normalized spacial score (nSPS) is 16.4. The van der Waals surface area contributed by atoms with E-state index in [1.807, 2.05) is 18.2 Å². The van der Waals surface area contributed by atoms with E-state index in [2.05, 4.69) is 35.6 Å². The summed E-state index contributed by atoms with van der Waals surface area (Å²) in [6.45, 7) is 6.96. The van der Waals surface area contributed by atoms with E-state index in [0.717, 1.165) is 36.3 Å². The van der Waals surface area contributed by atoms with Gasteiger partial charge in [-0.05, 0) is 51.9 Å². The van der Waals surface area contributed by atoms with E-state index >= 15 is 0 Å². The van der Waals surface area contributed by atoms with Crippen LogP contribution in [0.25, 0.3) is 0 Å². The first-order chi connectivity index (χ1) is 11.2. The van der Waals surface area contributed by atoms with E-state index < -0.39 is 0 Å². The van der Waals surface area contributed by atoms with Crippen molar-refractivity contribution in [3.05, 3.63) is 29.8 Å². The van der Waals surface area contributed by atoms with Gasteiger partial charge in [-0.25, -0.2) is 4.99 Å². The number of benzene rings is 1. The lowest BCUT2D eigenvalue weighted by Crippen LogP contribution is -2.42. The highest BCUT2D eigenvalue weighted by Gasteiger charge is 2.16. The molecule has 0 saturated carbocycles. The van der Waals surface area contributed by atoms with Crippen LogP contribution in [0.5, 0.6) is 5.75 Å². The summed E-state index contributed by atoms with van der Waals surface area (Å²) in [5.41, 5.74) is 1.10. The molecule has 1 aliphatic rings. The van der Waals surface area contributed by atoms with Gasteiger partial charge in [0, 0.05) is 18.7 Å². The second kappa shape index (κ2) is 11.5. The Balaban J connectivity index is 0.00000288. The van der Waals surface area contributed by atoms with E-state index in [1.165, 1.54) is 25.9 Å². The van der Waals surface area contributed by atoms with Crippen molar-refractivity contribution in [1.29, 1.82) is 0 Å². The topological polar surface area (TPSA) is 48.9 Å². The number of para-hydroxylation sites is 1. The molecule has 0 radical (unpaired) electrons. The first-order valence-corrected chi connectivity index (χ1v) is 8.55. The van der Waals surface area contributed by atoms with Crippen molar-refractivity contribution in [2.24, 2.45) is 10.9 Å². The molecule has 1 saturated heterocycles. The third-order valence-corrected chi connectivity index (χ3v) is 4.34. The molecule has 2 N–H and O–H groups in total. The molecule has 0 aliphatic carbocycles. The van der Waals surface area contributed by atoms with Crippen molar-refractivity contribution in [3.8, 4) is 5.75 Å². The number of methoxy groups -OCH3 is 1. The number of piperidine rings is 1. The quantitative estimate of drug-likeness (QED) is 0.401. The van der Waals surface area contributed by atoms with Crippen LogP contribution in [0.3, 0.4) is 0 Å². The molecular formula is C18H31IN4O. The van der Waals surface area contributed by atoms with Crippen molar-refractivity contribution in [2.75, 3.05) is 40.3 Å². The van der Waals surface area contributed by atoms with Gasteiger partial charge in [0.15, 0.2) is 5.96 Å². The van der Waals surface area contributed by atoms with E-state index in [0.29, 0.717) is 6.54 Å². The number of halogens is 1. The SMILES string of the molecule is CCNC(=NCc1ccccc1OC)NCC1CCN(C)CC1.I. The summed E-state index contributed by atoms with van der Waals surface area (Å²) < 4.78 is 5.39. The zero-order chi connectivity index (χ0) is 16.5. The number of ether oxygens (including phenoxy) is 1. The highest BCUT2D eigenvalue weighted by atomic mass is 127. The van der Waals surface area contributed by atoms with Crippen LogP contribution in [0.1, 0.15) is 25.3 Å². The van der Waals surface area contributed by atoms with Gasteiger partial charge in [-0.1, -0.05) is 18.2 Å². The van der Waals surface area contributed by atoms with Crippen molar-refractivity contribution in [2.45, 2.75) is 26.3 Å². The monoisotopic (exact) mass is 446 g/mol. The highest BCUT2D eigenvalue weighted by molar-refractivity contribution is 14.0. The Hall–Kier alpha value is -1.02. The van der Waals surface area contributed by atoms with E-state index in [4.69, 9.17) is 9.73 Å². The van der Waals surface area contributed by atoms with Crippen LogP contribution in [0.2, 0.25) is 0 Å². The van der Waals surface area contributed by atoms with Crippen LogP contribution in [-0.4, -0.2) is 51.2 Å². The number of nitrogens with zero attached hydrogens (tertiary/aromatic N) is 2. The fourth-order valence-corrected chi connectivity index (χ4v) is 2.85. The third-order valence-electron chi connectivity index (χ3n) is 4.34. The molecule has 24 heavy (non-hydrogen) atoms. The summed E-state index contributed by atoms with van der Waals surface area (Å²) in [6.07, 6.45) is 2.52. The largest absolute Gasteiger partial charge is 0.496 e. The predicted octanol–water partition coefficient (Wildman–Crippen LogP) is 2.71. The van der Waals surface area contributed by atoms with E-state index in [-0.39, 0.29) is 24.0 Å². The van der Waals surface area contributed by atoms with Crippen LogP contribution in [0.15, 0.2) is 29.3 Å². The van der Waals surface area contributed by atoms with Gasteiger partial charge in [0.05, 0.1) is 13.7 Å². The lowest BCUT2D eigenvalue weighted by atomic mass is 9.97. The molecule has 1 heterocycles. The van der Waals surface area contributed by atoms with Crippen molar-refractivity contribution in [3.63, 3.8) is 0 Å². The number of likely N-dealkylation sites (tertiary alicyclic amines) is 1. The zero-order valence-electron chi connectivity index (χ0n) is 15.0. The van der Waals surface area contributed by atoms with E-state index in [1.54, 1.807) is 7.11 Å². The maximum atomic E-state index is 5.39. The summed E-state index contributed by atoms with van der Waals surface area (Å²) in [5.74, 6) is 2.51. The van der Waals surface area contributed by atoms with Gasteiger partial charge in [-0.15, -0.1) is 24.0 Å². The highest BCUT2D eigenvalue weighted by Crippen LogP contribution is 2.18. The number of rotatable bonds is 6.